The van der Waals surface area contributed by atoms with E-state index in [1.54, 1.807) is 10.6 Å². The number of piperidine rings is 1. The standard InChI is InChI=1S/C20H21ClN4O6S3/c1-31-11-10-23-15-12-13(25(27)28)5-6-16(15)32-20(23)22-19(26)14-4-2-3-9-24(14)34(29,30)18-8-7-17(21)33-18/h5-8,12,14H,2-4,9-11H2,1H3. The van der Waals surface area contributed by atoms with E-state index in [1.807, 2.05) is 0 Å². The molecule has 0 aliphatic carbocycles. The molecule has 0 saturated carbocycles. The van der Waals surface area contributed by atoms with Crippen molar-refractivity contribution in [2.24, 2.45) is 4.99 Å². The maximum absolute atomic E-state index is 13.3. The van der Waals surface area contributed by atoms with E-state index >= 15 is 0 Å². The number of halogens is 1. The van der Waals surface area contributed by atoms with Crippen molar-refractivity contribution in [3.05, 3.63) is 49.6 Å². The summed E-state index contributed by atoms with van der Waals surface area (Å²) >= 11 is 8.09. The van der Waals surface area contributed by atoms with Gasteiger partial charge in [-0.1, -0.05) is 29.4 Å². The summed E-state index contributed by atoms with van der Waals surface area (Å²) in [5.41, 5.74) is 0.484. The molecule has 3 aromatic rings. The van der Waals surface area contributed by atoms with Gasteiger partial charge in [0.1, 0.15) is 10.3 Å². The lowest BCUT2D eigenvalue weighted by molar-refractivity contribution is -0.384. The van der Waals surface area contributed by atoms with Crippen LogP contribution < -0.4 is 4.80 Å². The summed E-state index contributed by atoms with van der Waals surface area (Å²) in [6.07, 6.45) is 1.70. The molecule has 0 N–H and O–H groups in total. The third-order valence-corrected chi connectivity index (χ3v) is 10.1. The van der Waals surface area contributed by atoms with Crippen LogP contribution in [-0.2, 0) is 26.1 Å². The van der Waals surface area contributed by atoms with Gasteiger partial charge >= 0.3 is 0 Å². The van der Waals surface area contributed by atoms with Gasteiger partial charge in [-0.15, -0.1) is 11.3 Å². The number of sulfonamides is 1. The molecule has 0 bridgehead atoms. The quantitative estimate of drug-likeness (QED) is 0.330. The Balaban J connectivity index is 1.75. The zero-order valence-electron chi connectivity index (χ0n) is 18.0. The van der Waals surface area contributed by atoms with Crippen molar-refractivity contribution >= 4 is 66.1 Å². The topological polar surface area (TPSA) is 124 Å². The molecule has 0 radical (unpaired) electrons. The molecule has 2 aromatic heterocycles. The summed E-state index contributed by atoms with van der Waals surface area (Å²) in [5.74, 6) is -0.571. The molecule has 10 nitrogen and oxygen atoms in total. The molecule has 182 valence electrons. The Morgan fingerprint density at radius 1 is 1.29 bits per heavy atom. The van der Waals surface area contributed by atoms with Gasteiger partial charge in [0.2, 0.25) is 0 Å². The van der Waals surface area contributed by atoms with Crippen molar-refractivity contribution in [3.8, 4) is 0 Å². The number of nitro benzene ring substituents is 1. The monoisotopic (exact) mass is 544 g/mol. The third kappa shape index (κ3) is 4.95. The maximum atomic E-state index is 13.3. The van der Waals surface area contributed by atoms with Gasteiger partial charge in [-0.3, -0.25) is 14.9 Å². The summed E-state index contributed by atoms with van der Waals surface area (Å²) in [5, 5.41) is 11.2. The molecule has 1 aliphatic rings. The van der Waals surface area contributed by atoms with E-state index in [9.17, 15) is 23.3 Å². The van der Waals surface area contributed by atoms with Crippen molar-refractivity contribution in [1.29, 1.82) is 0 Å². The predicted molar refractivity (Wildman–Crippen MR) is 130 cm³/mol. The summed E-state index contributed by atoms with van der Waals surface area (Å²) in [6, 6.07) is 6.46. The maximum Gasteiger partial charge on any atom is 0.271 e. The highest BCUT2D eigenvalue weighted by Crippen LogP contribution is 2.32. The first kappa shape index (κ1) is 24.9. The smallest absolute Gasteiger partial charge is 0.271 e. The Morgan fingerprint density at radius 3 is 2.76 bits per heavy atom. The molecule has 14 heteroatoms. The van der Waals surface area contributed by atoms with E-state index in [1.165, 1.54) is 47.0 Å². The second kappa shape index (κ2) is 10.2. The number of ether oxygens (including phenoxy) is 1. The fourth-order valence-electron chi connectivity index (χ4n) is 3.82. The van der Waals surface area contributed by atoms with Crippen LogP contribution in [0.15, 0.2) is 39.5 Å². The van der Waals surface area contributed by atoms with Gasteiger partial charge in [0.25, 0.3) is 21.6 Å². The first-order valence-electron chi connectivity index (χ1n) is 10.3. The largest absolute Gasteiger partial charge is 0.383 e. The Morgan fingerprint density at radius 2 is 2.09 bits per heavy atom. The van der Waals surface area contributed by atoms with Crippen molar-refractivity contribution < 1.29 is 22.9 Å². The summed E-state index contributed by atoms with van der Waals surface area (Å²) in [7, 11) is -2.37. The number of rotatable bonds is 7. The van der Waals surface area contributed by atoms with Gasteiger partial charge in [0, 0.05) is 32.3 Å². The highest BCUT2D eigenvalue weighted by molar-refractivity contribution is 7.91. The zero-order chi connectivity index (χ0) is 24.5. The number of carbonyl (C=O) groups is 1. The van der Waals surface area contributed by atoms with Gasteiger partial charge in [-0.2, -0.15) is 9.30 Å². The number of methoxy groups -OCH3 is 1. The molecule has 4 rings (SSSR count). The van der Waals surface area contributed by atoms with Crippen LogP contribution >= 0.6 is 34.3 Å². The van der Waals surface area contributed by atoms with Gasteiger partial charge in [0.05, 0.1) is 26.1 Å². The van der Waals surface area contributed by atoms with Crippen LogP contribution in [-0.4, -0.2) is 54.4 Å². The van der Waals surface area contributed by atoms with Crippen molar-refractivity contribution in [3.63, 3.8) is 0 Å². The number of amides is 1. The Hall–Kier alpha value is -2.16. The number of thiophene rings is 1. The Bertz CT molecular complexity index is 1410. The van der Waals surface area contributed by atoms with Crippen LogP contribution in [0.3, 0.4) is 0 Å². The van der Waals surface area contributed by atoms with Crippen molar-refractivity contribution in [2.75, 3.05) is 20.3 Å². The number of nitro groups is 1. The fraction of sp³-hybridized carbons (Fsp3) is 0.400. The fourth-order valence-corrected chi connectivity index (χ4v) is 8.12. The molecule has 34 heavy (non-hydrogen) atoms. The van der Waals surface area contributed by atoms with Gasteiger partial charge in [0.15, 0.2) is 4.80 Å². The first-order chi connectivity index (χ1) is 16.2. The third-order valence-electron chi connectivity index (χ3n) is 5.45. The van der Waals surface area contributed by atoms with Crippen LogP contribution in [0, 0.1) is 10.1 Å². The minimum absolute atomic E-state index is 0.0755. The van der Waals surface area contributed by atoms with Gasteiger partial charge < -0.3 is 9.30 Å². The lowest BCUT2D eigenvalue weighted by Crippen LogP contribution is -2.47. The summed E-state index contributed by atoms with van der Waals surface area (Å²) in [6.45, 7) is 0.842. The number of nitrogens with zero attached hydrogens (tertiary/aromatic N) is 4. The van der Waals surface area contributed by atoms with E-state index in [2.05, 4.69) is 4.99 Å². The normalized spacial score (nSPS) is 17.9. The minimum Gasteiger partial charge on any atom is -0.383 e. The molecule has 1 saturated heterocycles. The Kier molecular flexibility index (Phi) is 7.50. The molecule has 1 fully saturated rings. The van der Waals surface area contributed by atoms with E-state index in [0.717, 1.165) is 16.0 Å². The average Bonchev–Trinajstić information content (AvgIpc) is 3.40. The molecule has 0 spiro atoms. The van der Waals surface area contributed by atoms with Crippen LogP contribution in [0.1, 0.15) is 19.3 Å². The SMILES string of the molecule is COCCn1c(=NC(=O)C2CCCCN2S(=O)(=O)c2ccc(Cl)s2)sc2ccc([N+](=O)[O-])cc21. The van der Waals surface area contributed by atoms with Gasteiger partial charge in [-0.05, 0) is 31.0 Å². The number of fused-ring (bicyclic) bond motifs is 1. The summed E-state index contributed by atoms with van der Waals surface area (Å²) < 4.78 is 35.6. The molecule has 1 unspecified atom stereocenters. The molecule has 1 atom stereocenters. The minimum atomic E-state index is -3.90. The molecule has 3 heterocycles. The van der Waals surface area contributed by atoms with E-state index < -0.39 is 26.9 Å². The number of non-ortho nitro benzene ring substituents is 1. The highest BCUT2D eigenvalue weighted by atomic mass is 35.5. The molecule has 1 aliphatic heterocycles. The molecule has 1 amide bonds. The van der Waals surface area contributed by atoms with E-state index in [4.69, 9.17) is 16.3 Å². The van der Waals surface area contributed by atoms with Crippen LogP contribution in [0.25, 0.3) is 10.2 Å². The number of hydrogen-bond donors (Lipinski definition) is 0. The van der Waals surface area contributed by atoms with Crippen LogP contribution in [0.5, 0.6) is 0 Å². The highest BCUT2D eigenvalue weighted by Gasteiger charge is 2.38. The van der Waals surface area contributed by atoms with Crippen LogP contribution in [0.2, 0.25) is 4.34 Å². The number of aromatic nitrogens is 1. The second-order valence-corrected chi connectivity index (χ2v) is 12.4. The number of carbonyl (C=O) groups excluding carboxylic acids is 1. The number of thiazole rings is 1. The van der Waals surface area contributed by atoms with E-state index in [-0.39, 0.29) is 16.4 Å². The first-order valence-corrected chi connectivity index (χ1v) is 13.8. The number of hydrogen-bond acceptors (Lipinski definition) is 8. The molecule has 1 aromatic carbocycles. The van der Waals surface area contributed by atoms with Crippen molar-refractivity contribution in [1.82, 2.24) is 8.87 Å². The van der Waals surface area contributed by atoms with Crippen LogP contribution in [0.4, 0.5) is 5.69 Å². The van der Waals surface area contributed by atoms with E-state index in [0.29, 0.717) is 47.1 Å². The molecular weight excluding hydrogens is 524 g/mol. The lowest BCUT2D eigenvalue weighted by atomic mass is 10.0. The Labute approximate surface area is 208 Å². The van der Waals surface area contributed by atoms with Crippen molar-refractivity contribution in [2.45, 2.75) is 36.1 Å². The van der Waals surface area contributed by atoms with Gasteiger partial charge in [-0.25, -0.2) is 8.42 Å². The second-order valence-electron chi connectivity index (χ2n) is 7.57. The summed E-state index contributed by atoms with van der Waals surface area (Å²) in [4.78, 5) is 28.7. The number of benzene rings is 1. The zero-order valence-corrected chi connectivity index (χ0v) is 21.3. The molecular formula is C20H21ClN4O6S3. The average molecular weight is 545 g/mol. The predicted octanol–water partition coefficient (Wildman–Crippen LogP) is 3.64. The lowest BCUT2D eigenvalue weighted by Gasteiger charge is -2.31.